The Morgan fingerprint density at radius 2 is 1.79 bits per heavy atom. The fourth-order valence-corrected chi connectivity index (χ4v) is 3.65. The molecule has 2 nitrogen and oxygen atoms in total. The molecule has 0 bridgehead atoms. The van der Waals surface area contributed by atoms with Crippen LogP contribution in [0.5, 0.6) is 0 Å². The van der Waals surface area contributed by atoms with Crippen LogP contribution in [0.2, 0.25) is 0 Å². The molecule has 1 aromatic rings. The zero-order chi connectivity index (χ0) is 13.3. The Kier molecular flexibility index (Phi) is 3.64. The van der Waals surface area contributed by atoms with Crippen molar-refractivity contribution in [1.82, 2.24) is 5.32 Å². The summed E-state index contributed by atoms with van der Waals surface area (Å²) in [6.45, 7) is 0. The summed E-state index contributed by atoms with van der Waals surface area (Å²) >= 11 is 0. The Morgan fingerprint density at radius 3 is 2.37 bits per heavy atom. The van der Waals surface area contributed by atoms with Gasteiger partial charge in [0.1, 0.15) is 0 Å². The van der Waals surface area contributed by atoms with E-state index in [2.05, 4.69) is 29.6 Å². The van der Waals surface area contributed by atoms with Crippen LogP contribution in [0.15, 0.2) is 24.3 Å². The van der Waals surface area contributed by atoms with Gasteiger partial charge in [0.05, 0.1) is 5.60 Å². The van der Waals surface area contributed by atoms with E-state index in [0.717, 1.165) is 25.7 Å². The molecule has 0 saturated heterocycles. The average molecular weight is 259 g/mol. The molecule has 2 saturated carbocycles. The third-order valence-electron chi connectivity index (χ3n) is 5.23. The largest absolute Gasteiger partial charge is 0.385 e. The Labute approximate surface area is 116 Å². The monoisotopic (exact) mass is 259 g/mol. The van der Waals surface area contributed by atoms with Crippen molar-refractivity contribution >= 4 is 0 Å². The molecular weight excluding hydrogens is 234 g/mol. The van der Waals surface area contributed by atoms with Crippen LogP contribution in [0.1, 0.15) is 62.0 Å². The Hall–Kier alpha value is -0.860. The number of benzene rings is 1. The maximum absolute atomic E-state index is 11.1. The number of hydrogen-bond donors (Lipinski definition) is 2. The maximum atomic E-state index is 11.1. The summed E-state index contributed by atoms with van der Waals surface area (Å²) < 4.78 is 0. The fraction of sp³-hybridized carbons (Fsp3) is 0.647. The molecular formula is C17H25NO. The van der Waals surface area contributed by atoms with Crippen molar-refractivity contribution in [2.45, 2.75) is 62.5 Å². The van der Waals surface area contributed by atoms with E-state index in [1.165, 1.54) is 30.4 Å². The Bertz CT molecular complexity index is 431. The predicted molar refractivity (Wildman–Crippen MR) is 78.2 cm³/mol. The lowest BCUT2D eigenvalue weighted by Crippen LogP contribution is -2.39. The molecule has 2 aliphatic carbocycles. The van der Waals surface area contributed by atoms with Gasteiger partial charge in [-0.1, -0.05) is 30.7 Å². The first-order valence-corrected chi connectivity index (χ1v) is 7.72. The van der Waals surface area contributed by atoms with Crippen LogP contribution < -0.4 is 5.32 Å². The van der Waals surface area contributed by atoms with E-state index in [1.807, 2.05) is 7.05 Å². The lowest BCUT2D eigenvalue weighted by molar-refractivity contribution is -0.00897. The molecule has 0 unspecified atom stereocenters. The van der Waals surface area contributed by atoms with Gasteiger partial charge in [-0.3, -0.25) is 0 Å². The topological polar surface area (TPSA) is 32.3 Å². The summed E-state index contributed by atoms with van der Waals surface area (Å²) in [4.78, 5) is 0. The highest BCUT2D eigenvalue weighted by Crippen LogP contribution is 2.44. The highest BCUT2D eigenvalue weighted by molar-refractivity contribution is 5.36. The normalized spacial score (nSPS) is 32.0. The smallest absolute Gasteiger partial charge is 0.0900 e. The Balaban J connectivity index is 1.85. The van der Waals surface area contributed by atoms with Crippen LogP contribution in [0.25, 0.3) is 0 Å². The second-order valence-corrected chi connectivity index (χ2v) is 6.31. The van der Waals surface area contributed by atoms with Gasteiger partial charge in [-0.2, -0.15) is 0 Å². The molecule has 0 amide bonds. The first kappa shape index (κ1) is 13.1. The number of rotatable bonds is 3. The maximum Gasteiger partial charge on any atom is 0.0900 e. The number of aliphatic hydroxyl groups is 1. The minimum Gasteiger partial charge on any atom is -0.385 e. The van der Waals surface area contributed by atoms with E-state index in [4.69, 9.17) is 0 Å². The van der Waals surface area contributed by atoms with Crippen LogP contribution in [-0.2, 0) is 5.60 Å². The van der Waals surface area contributed by atoms with E-state index in [9.17, 15) is 5.11 Å². The zero-order valence-electron chi connectivity index (χ0n) is 11.9. The first-order chi connectivity index (χ1) is 9.23. The van der Waals surface area contributed by atoms with Crippen molar-refractivity contribution in [2.75, 3.05) is 7.05 Å². The van der Waals surface area contributed by atoms with Gasteiger partial charge in [0.15, 0.2) is 0 Å². The molecule has 0 radical (unpaired) electrons. The highest BCUT2D eigenvalue weighted by atomic mass is 16.3. The summed E-state index contributed by atoms with van der Waals surface area (Å²) in [5.41, 5.74) is 2.05. The lowest BCUT2D eigenvalue weighted by atomic mass is 9.71. The van der Waals surface area contributed by atoms with Crippen LogP contribution in [0, 0.1) is 0 Å². The van der Waals surface area contributed by atoms with Gasteiger partial charge < -0.3 is 10.4 Å². The van der Waals surface area contributed by atoms with Gasteiger partial charge in [0.2, 0.25) is 0 Å². The molecule has 2 aliphatic rings. The van der Waals surface area contributed by atoms with Crippen molar-refractivity contribution in [2.24, 2.45) is 0 Å². The molecule has 0 atom stereocenters. The van der Waals surface area contributed by atoms with Crippen molar-refractivity contribution in [3.8, 4) is 0 Å². The third-order valence-corrected chi connectivity index (χ3v) is 5.23. The molecule has 2 N–H and O–H groups in total. The second-order valence-electron chi connectivity index (χ2n) is 6.31. The quantitative estimate of drug-likeness (QED) is 0.873. The summed E-state index contributed by atoms with van der Waals surface area (Å²) in [5.74, 6) is 0.697. The van der Waals surface area contributed by atoms with E-state index >= 15 is 0 Å². The molecule has 2 fully saturated rings. The van der Waals surface area contributed by atoms with Gasteiger partial charge in [0, 0.05) is 6.04 Å². The SMILES string of the molecule is CNC1CCC(O)(c2ccccc2C2CCC2)CC1. The fourth-order valence-electron chi connectivity index (χ4n) is 3.65. The van der Waals surface area contributed by atoms with E-state index < -0.39 is 5.60 Å². The van der Waals surface area contributed by atoms with Crippen LogP contribution >= 0.6 is 0 Å². The summed E-state index contributed by atoms with van der Waals surface area (Å²) in [5, 5.41) is 14.4. The average Bonchev–Trinajstić information content (AvgIpc) is 2.38. The Morgan fingerprint density at radius 1 is 1.11 bits per heavy atom. The van der Waals surface area contributed by atoms with Gasteiger partial charge in [-0.15, -0.1) is 0 Å². The van der Waals surface area contributed by atoms with Crippen LogP contribution in [0.4, 0.5) is 0 Å². The minimum atomic E-state index is -0.584. The van der Waals surface area contributed by atoms with Gasteiger partial charge in [-0.05, 0) is 62.6 Å². The van der Waals surface area contributed by atoms with Gasteiger partial charge in [0.25, 0.3) is 0 Å². The van der Waals surface area contributed by atoms with E-state index in [1.54, 1.807) is 0 Å². The third kappa shape index (κ3) is 2.44. The second kappa shape index (κ2) is 5.26. The van der Waals surface area contributed by atoms with Crippen molar-refractivity contribution in [1.29, 1.82) is 0 Å². The van der Waals surface area contributed by atoms with Gasteiger partial charge >= 0.3 is 0 Å². The minimum absolute atomic E-state index is 0.580. The molecule has 19 heavy (non-hydrogen) atoms. The molecule has 3 rings (SSSR count). The molecule has 0 spiro atoms. The van der Waals surface area contributed by atoms with Crippen molar-refractivity contribution in [3.63, 3.8) is 0 Å². The number of nitrogens with one attached hydrogen (secondary N) is 1. The van der Waals surface area contributed by atoms with Crippen molar-refractivity contribution < 1.29 is 5.11 Å². The molecule has 0 aliphatic heterocycles. The molecule has 0 heterocycles. The lowest BCUT2D eigenvalue weighted by Gasteiger charge is -2.39. The zero-order valence-corrected chi connectivity index (χ0v) is 11.9. The number of hydrogen-bond acceptors (Lipinski definition) is 2. The van der Waals surface area contributed by atoms with Crippen LogP contribution in [-0.4, -0.2) is 18.2 Å². The van der Waals surface area contributed by atoms with Gasteiger partial charge in [-0.25, -0.2) is 0 Å². The van der Waals surface area contributed by atoms with E-state index in [-0.39, 0.29) is 0 Å². The van der Waals surface area contributed by atoms with E-state index in [0.29, 0.717) is 12.0 Å². The molecule has 1 aromatic carbocycles. The summed E-state index contributed by atoms with van der Waals surface area (Å²) in [7, 11) is 2.03. The molecule has 2 heteroatoms. The molecule has 104 valence electrons. The molecule has 0 aromatic heterocycles. The first-order valence-electron chi connectivity index (χ1n) is 7.72. The summed E-state index contributed by atoms with van der Waals surface area (Å²) in [6.07, 6.45) is 7.88. The summed E-state index contributed by atoms with van der Waals surface area (Å²) in [6, 6.07) is 9.18. The standard InChI is InChI=1S/C17H25NO/c1-18-14-9-11-17(19,12-10-14)16-8-3-2-7-15(16)13-5-4-6-13/h2-3,7-8,13-14,18-19H,4-6,9-12H2,1H3. The predicted octanol–water partition coefficient (Wildman–Crippen LogP) is 3.30. The van der Waals surface area contributed by atoms with Crippen molar-refractivity contribution in [3.05, 3.63) is 35.4 Å². The highest BCUT2D eigenvalue weighted by Gasteiger charge is 2.37. The van der Waals surface area contributed by atoms with Crippen LogP contribution in [0.3, 0.4) is 0 Å².